The van der Waals surface area contributed by atoms with Gasteiger partial charge >= 0.3 is 12.0 Å². The lowest BCUT2D eigenvalue weighted by Crippen LogP contribution is -2.43. The van der Waals surface area contributed by atoms with Crippen molar-refractivity contribution < 1.29 is 14.8 Å². The maximum atomic E-state index is 10.6. The summed E-state index contributed by atoms with van der Waals surface area (Å²) >= 11 is 16.9. The van der Waals surface area contributed by atoms with E-state index in [1.807, 2.05) is 5.32 Å². The number of amides is 1. The van der Waals surface area contributed by atoms with Gasteiger partial charge in [0.15, 0.2) is 0 Å². The van der Waals surface area contributed by atoms with Crippen molar-refractivity contribution in [3.8, 4) is 0 Å². The fourth-order valence-corrected chi connectivity index (χ4v) is 1.87. The van der Waals surface area contributed by atoms with Crippen LogP contribution in [0.3, 0.4) is 0 Å². The number of rotatable bonds is 5. The SMILES string of the molecule is O=C(O)NC(CCn1ccnc1[N+](=O)[O-])C(Cl)(Cl)Cl. The zero-order valence-electron chi connectivity index (χ0n) is 9.29. The van der Waals surface area contributed by atoms with Gasteiger partial charge in [0, 0.05) is 6.42 Å². The summed E-state index contributed by atoms with van der Waals surface area (Å²) in [4.78, 5) is 24.1. The molecule has 0 aliphatic rings. The molecule has 1 atom stereocenters. The first-order chi connectivity index (χ1) is 8.71. The third-order valence-corrected chi connectivity index (χ3v) is 3.00. The molecule has 1 aromatic rings. The third kappa shape index (κ3) is 4.73. The average molecular weight is 332 g/mol. The lowest BCUT2D eigenvalue weighted by molar-refractivity contribution is -0.396. The smallest absolute Gasteiger partial charge is 0.434 e. The first-order valence-corrected chi connectivity index (χ1v) is 6.07. The Balaban J connectivity index is 2.73. The van der Waals surface area contributed by atoms with E-state index in [0.717, 1.165) is 0 Å². The molecule has 0 aliphatic heterocycles. The highest BCUT2D eigenvalue weighted by Crippen LogP contribution is 2.32. The van der Waals surface area contributed by atoms with E-state index in [9.17, 15) is 14.9 Å². The van der Waals surface area contributed by atoms with Gasteiger partial charge < -0.3 is 20.5 Å². The van der Waals surface area contributed by atoms with Crippen LogP contribution >= 0.6 is 34.8 Å². The third-order valence-electron chi connectivity index (χ3n) is 2.21. The van der Waals surface area contributed by atoms with Gasteiger partial charge in [0.2, 0.25) is 3.79 Å². The number of nitro groups is 1. The zero-order valence-corrected chi connectivity index (χ0v) is 11.6. The number of aromatic nitrogens is 2. The van der Waals surface area contributed by atoms with Crippen LogP contribution in [0, 0.1) is 10.1 Å². The molecule has 0 aromatic carbocycles. The molecule has 1 amide bonds. The van der Waals surface area contributed by atoms with Crippen molar-refractivity contribution in [3.63, 3.8) is 0 Å². The number of hydrogen-bond donors (Lipinski definition) is 2. The maximum Gasteiger partial charge on any atom is 0.434 e. The minimum atomic E-state index is -1.85. The molecule has 0 radical (unpaired) electrons. The van der Waals surface area contributed by atoms with Crippen LogP contribution in [0.1, 0.15) is 6.42 Å². The maximum absolute atomic E-state index is 10.6. The molecule has 1 aromatic heterocycles. The number of carboxylic acid groups (broad SMARTS) is 1. The predicted octanol–water partition coefficient (Wildman–Crippen LogP) is 2.19. The van der Waals surface area contributed by atoms with Crippen molar-refractivity contribution in [2.45, 2.75) is 22.8 Å². The summed E-state index contributed by atoms with van der Waals surface area (Å²) in [5.41, 5.74) is 0. The van der Waals surface area contributed by atoms with Gasteiger partial charge in [0.25, 0.3) is 0 Å². The van der Waals surface area contributed by atoms with Gasteiger partial charge in [0.1, 0.15) is 12.4 Å². The Kier molecular flexibility index (Phi) is 5.21. The van der Waals surface area contributed by atoms with E-state index >= 15 is 0 Å². The van der Waals surface area contributed by atoms with E-state index in [1.165, 1.54) is 17.0 Å². The lowest BCUT2D eigenvalue weighted by Gasteiger charge is -2.23. The second-order valence-electron chi connectivity index (χ2n) is 3.51. The molecule has 8 nitrogen and oxygen atoms in total. The fourth-order valence-electron chi connectivity index (χ4n) is 1.38. The highest BCUT2D eigenvalue weighted by atomic mass is 35.6. The molecule has 2 N–H and O–H groups in total. The van der Waals surface area contributed by atoms with Crippen LogP contribution in [-0.2, 0) is 6.54 Å². The van der Waals surface area contributed by atoms with Gasteiger partial charge in [-0.25, -0.2) is 9.36 Å². The summed E-state index contributed by atoms with van der Waals surface area (Å²) in [7, 11) is 0. The molecular formula is C8H9Cl3N4O4. The van der Waals surface area contributed by atoms with E-state index in [4.69, 9.17) is 39.9 Å². The van der Waals surface area contributed by atoms with Crippen LogP contribution in [0.4, 0.5) is 10.7 Å². The molecule has 0 fully saturated rings. The topological polar surface area (TPSA) is 110 Å². The first kappa shape index (κ1) is 15.8. The fraction of sp³-hybridized carbons (Fsp3) is 0.500. The zero-order chi connectivity index (χ0) is 14.6. The minimum absolute atomic E-state index is 0.0556. The largest absolute Gasteiger partial charge is 0.465 e. The summed E-state index contributed by atoms with van der Waals surface area (Å²) in [6.45, 7) is 0.0785. The number of nitrogens with zero attached hydrogens (tertiary/aromatic N) is 3. The summed E-state index contributed by atoms with van der Waals surface area (Å²) in [6, 6.07) is -1.00. The molecular weight excluding hydrogens is 322 g/mol. The molecule has 0 spiro atoms. The number of carbonyl (C=O) groups is 1. The molecule has 106 valence electrons. The van der Waals surface area contributed by atoms with Crippen LogP contribution in [-0.4, -0.2) is 35.5 Å². The second kappa shape index (κ2) is 6.27. The minimum Gasteiger partial charge on any atom is -0.465 e. The van der Waals surface area contributed by atoms with Crippen LogP contribution in [0.2, 0.25) is 0 Å². The van der Waals surface area contributed by atoms with Gasteiger partial charge in [0.05, 0.1) is 12.6 Å². The number of halogens is 3. The van der Waals surface area contributed by atoms with Crippen LogP contribution < -0.4 is 5.32 Å². The quantitative estimate of drug-likeness (QED) is 0.488. The Morgan fingerprint density at radius 3 is 2.74 bits per heavy atom. The van der Waals surface area contributed by atoms with Crippen molar-refractivity contribution in [1.82, 2.24) is 14.9 Å². The van der Waals surface area contributed by atoms with Crippen molar-refractivity contribution in [2.24, 2.45) is 0 Å². The molecule has 0 saturated carbocycles. The van der Waals surface area contributed by atoms with E-state index in [0.29, 0.717) is 0 Å². The molecule has 0 saturated heterocycles. The molecule has 1 unspecified atom stereocenters. The molecule has 1 rings (SSSR count). The Bertz CT molecular complexity index is 473. The van der Waals surface area contributed by atoms with Crippen LogP contribution in [0.5, 0.6) is 0 Å². The van der Waals surface area contributed by atoms with Crippen molar-refractivity contribution in [2.75, 3.05) is 0 Å². The monoisotopic (exact) mass is 330 g/mol. The molecule has 0 aliphatic carbocycles. The molecule has 19 heavy (non-hydrogen) atoms. The molecule has 0 bridgehead atoms. The van der Waals surface area contributed by atoms with Gasteiger partial charge in [-0.3, -0.25) is 0 Å². The normalized spacial score (nSPS) is 13.0. The Hall–Kier alpha value is -1.25. The molecule has 11 heteroatoms. The van der Waals surface area contributed by atoms with Gasteiger partial charge in [-0.1, -0.05) is 39.8 Å². The van der Waals surface area contributed by atoms with Crippen LogP contribution in [0.25, 0.3) is 0 Å². The van der Waals surface area contributed by atoms with Crippen molar-refractivity contribution in [1.29, 1.82) is 0 Å². The average Bonchev–Trinajstić information content (AvgIpc) is 2.70. The van der Waals surface area contributed by atoms with E-state index in [1.54, 1.807) is 0 Å². The molecule has 1 heterocycles. The Morgan fingerprint density at radius 2 is 2.26 bits per heavy atom. The number of aryl methyl sites for hydroxylation is 1. The first-order valence-electron chi connectivity index (χ1n) is 4.93. The van der Waals surface area contributed by atoms with E-state index < -0.39 is 20.9 Å². The highest BCUT2D eigenvalue weighted by molar-refractivity contribution is 6.68. The number of imidazole rings is 1. The predicted molar refractivity (Wildman–Crippen MR) is 68.7 cm³/mol. The summed E-state index contributed by atoms with van der Waals surface area (Å²) < 4.78 is -0.624. The van der Waals surface area contributed by atoms with Crippen molar-refractivity contribution in [3.05, 3.63) is 22.5 Å². The highest BCUT2D eigenvalue weighted by Gasteiger charge is 2.34. The number of alkyl halides is 3. The van der Waals surface area contributed by atoms with Crippen LogP contribution in [0.15, 0.2) is 12.4 Å². The number of hydrogen-bond acceptors (Lipinski definition) is 4. The van der Waals surface area contributed by atoms with Gasteiger partial charge in [-0.05, 0) is 4.92 Å². The van der Waals surface area contributed by atoms with Crippen molar-refractivity contribution >= 4 is 46.8 Å². The summed E-state index contributed by atoms with van der Waals surface area (Å²) in [5, 5.41) is 21.3. The van der Waals surface area contributed by atoms with E-state index in [-0.39, 0.29) is 18.9 Å². The summed E-state index contributed by atoms with van der Waals surface area (Å²) in [6.07, 6.45) is 1.35. The Morgan fingerprint density at radius 1 is 1.63 bits per heavy atom. The van der Waals surface area contributed by atoms with Gasteiger partial charge in [-0.15, -0.1) is 0 Å². The summed E-state index contributed by atoms with van der Waals surface area (Å²) in [5.74, 6) is -0.363. The van der Waals surface area contributed by atoms with E-state index in [2.05, 4.69) is 4.98 Å². The Labute approximate surface area is 122 Å². The lowest BCUT2D eigenvalue weighted by atomic mass is 10.2. The number of nitrogens with one attached hydrogen (secondary N) is 1. The second-order valence-corrected chi connectivity index (χ2v) is 5.88. The van der Waals surface area contributed by atoms with Gasteiger partial charge in [-0.2, -0.15) is 0 Å². The standard InChI is InChI=1S/C8H9Cl3N4O4/c9-8(10,11)5(13-7(16)17)1-3-14-4-2-12-6(14)15(18)19/h2,4-5,13H,1,3H2,(H,16,17).